The zero-order valence-electron chi connectivity index (χ0n) is 16.7. The van der Waals surface area contributed by atoms with E-state index in [0.717, 1.165) is 22.3 Å². The molecule has 2 unspecified atom stereocenters. The van der Waals surface area contributed by atoms with Crippen LogP contribution >= 0.6 is 11.6 Å². The lowest BCUT2D eigenvalue weighted by atomic mass is 9.98. The van der Waals surface area contributed by atoms with Gasteiger partial charge >= 0.3 is 6.09 Å². The van der Waals surface area contributed by atoms with Crippen LogP contribution in [-0.4, -0.2) is 35.6 Å². The Morgan fingerprint density at radius 3 is 2.29 bits per heavy atom. The number of carbonyl (C=O) groups is 1. The van der Waals surface area contributed by atoms with Gasteiger partial charge in [-0.2, -0.15) is 0 Å². The SMILES string of the molecule is Nc1ccc(Cl)cc1C(O)C(O)CNC(=O)OCC1c2ccccc2-c2ccccc21. The van der Waals surface area contributed by atoms with Crippen molar-refractivity contribution in [3.63, 3.8) is 0 Å². The number of halogens is 1. The summed E-state index contributed by atoms with van der Waals surface area (Å²) in [7, 11) is 0. The first-order chi connectivity index (χ1) is 15.0. The van der Waals surface area contributed by atoms with Crippen LogP contribution in [0.15, 0.2) is 66.7 Å². The normalized spacial score (nSPS) is 14.4. The number of aliphatic hydroxyl groups excluding tert-OH is 2. The van der Waals surface area contributed by atoms with Crippen LogP contribution in [0.1, 0.15) is 28.7 Å². The molecule has 0 saturated heterocycles. The van der Waals surface area contributed by atoms with E-state index in [1.807, 2.05) is 36.4 Å². The fraction of sp³-hybridized carbons (Fsp3) is 0.208. The highest BCUT2D eigenvalue weighted by Crippen LogP contribution is 2.44. The third-order valence-electron chi connectivity index (χ3n) is 5.53. The van der Waals surface area contributed by atoms with Gasteiger partial charge in [0.1, 0.15) is 18.8 Å². The maximum atomic E-state index is 12.2. The van der Waals surface area contributed by atoms with E-state index in [1.165, 1.54) is 6.07 Å². The monoisotopic (exact) mass is 438 g/mol. The van der Waals surface area contributed by atoms with Crippen molar-refractivity contribution < 1.29 is 19.7 Å². The second kappa shape index (κ2) is 8.98. The van der Waals surface area contributed by atoms with Gasteiger partial charge in [-0.15, -0.1) is 0 Å². The van der Waals surface area contributed by atoms with Crippen LogP contribution in [0.5, 0.6) is 0 Å². The Hall–Kier alpha value is -3.06. The van der Waals surface area contributed by atoms with E-state index in [0.29, 0.717) is 16.3 Å². The second-order valence-electron chi connectivity index (χ2n) is 7.49. The van der Waals surface area contributed by atoms with Gasteiger partial charge in [0.25, 0.3) is 0 Å². The summed E-state index contributed by atoms with van der Waals surface area (Å²) >= 11 is 5.93. The van der Waals surface area contributed by atoms with Crippen molar-refractivity contribution in [3.05, 3.63) is 88.4 Å². The predicted molar refractivity (Wildman–Crippen MR) is 120 cm³/mol. The molecule has 160 valence electrons. The smallest absolute Gasteiger partial charge is 0.407 e. The van der Waals surface area contributed by atoms with Crippen molar-refractivity contribution in [1.82, 2.24) is 5.32 Å². The lowest BCUT2D eigenvalue weighted by Gasteiger charge is -2.20. The molecule has 0 spiro atoms. The number of amides is 1. The molecule has 1 aliphatic rings. The van der Waals surface area contributed by atoms with Crippen LogP contribution in [0, 0.1) is 0 Å². The maximum absolute atomic E-state index is 12.2. The average molecular weight is 439 g/mol. The number of hydrogen-bond donors (Lipinski definition) is 4. The maximum Gasteiger partial charge on any atom is 0.407 e. The average Bonchev–Trinajstić information content (AvgIpc) is 3.11. The van der Waals surface area contributed by atoms with Gasteiger partial charge in [-0.25, -0.2) is 4.79 Å². The molecule has 3 aromatic rings. The molecule has 2 atom stereocenters. The molecular formula is C24H23ClN2O4. The number of nitrogen functional groups attached to an aromatic ring is 1. The minimum absolute atomic E-state index is 0.0556. The minimum Gasteiger partial charge on any atom is -0.449 e. The number of ether oxygens (including phenoxy) is 1. The lowest BCUT2D eigenvalue weighted by Crippen LogP contribution is -2.36. The molecule has 0 aromatic heterocycles. The van der Waals surface area contributed by atoms with Crippen molar-refractivity contribution in [2.45, 2.75) is 18.1 Å². The van der Waals surface area contributed by atoms with E-state index < -0.39 is 18.3 Å². The van der Waals surface area contributed by atoms with Crippen LogP contribution in [0.4, 0.5) is 10.5 Å². The molecule has 0 radical (unpaired) electrons. The summed E-state index contributed by atoms with van der Waals surface area (Å²) in [6, 6.07) is 20.7. The van der Waals surface area contributed by atoms with Gasteiger partial charge in [0.15, 0.2) is 0 Å². The number of nitrogens with one attached hydrogen (secondary N) is 1. The third kappa shape index (κ3) is 4.37. The van der Waals surface area contributed by atoms with Crippen molar-refractivity contribution in [1.29, 1.82) is 0 Å². The highest BCUT2D eigenvalue weighted by molar-refractivity contribution is 6.30. The Kier molecular flexibility index (Phi) is 6.13. The predicted octanol–water partition coefficient (Wildman–Crippen LogP) is 3.86. The van der Waals surface area contributed by atoms with Crippen molar-refractivity contribution in [3.8, 4) is 11.1 Å². The van der Waals surface area contributed by atoms with Crippen LogP contribution in [0.25, 0.3) is 11.1 Å². The summed E-state index contributed by atoms with van der Waals surface area (Å²) in [6.45, 7) is -0.0382. The van der Waals surface area contributed by atoms with Crippen LogP contribution in [0.2, 0.25) is 5.02 Å². The molecule has 31 heavy (non-hydrogen) atoms. The molecule has 0 fully saturated rings. The number of fused-ring (bicyclic) bond motifs is 3. The molecule has 5 N–H and O–H groups in total. The summed E-state index contributed by atoms with van der Waals surface area (Å²) in [6.07, 6.45) is -3.25. The van der Waals surface area contributed by atoms with Gasteiger partial charge in [0.2, 0.25) is 0 Å². The number of aliphatic hydroxyl groups is 2. The van der Waals surface area contributed by atoms with Gasteiger partial charge in [-0.1, -0.05) is 60.1 Å². The number of nitrogens with two attached hydrogens (primary N) is 1. The quantitative estimate of drug-likeness (QED) is 0.437. The lowest BCUT2D eigenvalue weighted by molar-refractivity contribution is 0.0190. The molecule has 0 aliphatic heterocycles. The van der Waals surface area contributed by atoms with Gasteiger partial charge in [-0.05, 0) is 40.5 Å². The summed E-state index contributed by atoms with van der Waals surface area (Å²) in [5.74, 6) is -0.0556. The van der Waals surface area contributed by atoms with Gasteiger partial charge in [-0.3, -0.25) is 0 Å². The Morgan fingerprint density at radius 2 is 1.65 bits per heavy atom. The topological polar surface area (TPSA) is 105 Å². The van der Waals surface area contributed by atoms with Crippen molar-refractivity contribution in [2.75, 3.05) is 18.9 Å². The number of carbonyl (C=O) groups excluding carboxylic acids is 1. The summed E-state index contributed by atoms with van der Waals surface area (Å²) in [4.78, 5) is 12.2. The fourth-order valence-electron chi connectivity index (χ4n) is 3.96. The second-order valence-corrected chi connectivity index (χ2v) is 7.93. The molecule has 0 saturated carbocycles. The van der Waals surface area contributed by atoms with E-state index in [9.17, 15) is 15.0 Å². The zero-order valence-corrected chi connectivity index (χ0v) is 17.4. The van der Waals surface area contributed by atoms with E-state index in [2.05, 4.69) is 17.4 Å². The highest BCUT2D eigenvalue weighted by atomic mass is 35.5. The van der Waals surface area contributed by atoms with E-state index in [4.69, 9.17) is 22.1 Å². The number of anilines is 1. The number of rotatable bonds is 6. The largest absolute Gasteiger partial charge is 0.449 e. The Balaban J connectivity index is 1.35. The van der Waals surface area contributed by atoms with Crippen molar-refractivity contribution in [2.24, 2.45) is 0 Å². The summed E-state index contributed by atoms with van der Waals surface area (Å²) < 4.78 is 5.43. The fourth-order valence-corrected chi connectivity index (χ4v) is 4.14. The first-order valence-electron chi connectivity index (χ1n) is 9.95. The number of hydrogen-bond acceptors (Lipinski definition) is 5. The summed E-state index contributed by atoms with van der Waals surface area (Å²) in [5, 5.41) is 23.5. The minimum atomic E-state index is -1.30. The van der Waals surface area contributed by atoms with Crippen LogP contribution in [0.3, 0.4) is 0 Å². The molecule has 0 heterocycles. The van der Waals surface area contributed by atoms with E-state index >= 15 is 0 Å². The molecule has 1 aliphatic carbocycles. The van der Waals surface area contributed by atoms with Gasteiger partial charge in [0.05, 0.1) is 0 Å². The summed E-state index contributed by atoms with van der Waals surface area (Å²) in [5.41, 5.74) is 11.0. The van der Waals surface area contributed by atoms with Crippen LogP contribution < -0.4 is 11.1 Å². The molecule has 6 nitrogen and oxygen atoms in total. The molecule has 1 amide bonds. The Labute approximate surface area is 185 Å². The molecular weight excluding hydrogens is 416 g/mol. The van der Waals surface area contributed by atoms with Gasteiger partial charge < -0.3 is 26.0 Å². The first-order valence-corrected chi connectivity index (χ1v) is 10.3. The van der Waals surface area contributed by atoms with Gasteiger partial charge in [0, 0.05) is 28.7 Å². The Morgan fingerprint density at radius 1 is 1.03 bits per heavy atom. The molecule has 3 aromatic carbocycles. The zero-order chi connectivity index (χ0) is 22.0. The number of alkyl carbamates (subject to hydrolysis) is 1. The first kappa shape index (κ1) is 21.2. The molecule has 7 heteroatoms. The molecule has 4 rings (SSSR count). The Bertz CT molecular complexity index is 1060. The standard InChI is InChI=1S/C24H23ClN2O4/c25-14-9-10-21(26)19(11-14)23(29)22(28)12-27-24(30)31-13-20-17-7-3-1-5-15(17)16-6-2-4-8-18(16)20/h1-11,20,22-23,28-29H,12-13,26H2,(H,27,30). The third-order valence-corrected chi connectivity index (χ3v) is 5.77. The van der Waals surface area contributed by atoms with Crippen LogP contribution in [-0.2, 0) is 4.74 Å². The van der Waals surface area contributed by atoms with Crippen molar-refractivity contribution >= 4 is 23.4 Å². The highest BCUT2D eigenvalue weighted by Gasteiger charge is 2.29. The number of benzene rings is 3. The molecule has 0 bridgehead atoms. The van der Waals surface area contributed by atoms with E-state index in [1.54, 1.807) is 12.1 Å². The van der Waals surface area contributed by atoms with E-state index in [-0.39, 0.29) is 19.1 Å².